The molecule has 0 bridgehead atoms. The predicted octanol–water partition coefficient (Wildman–Crippen LogP) is 3.10. The van der Waals surface area contributed by atoms with Gasteiger partial charge in [-0.2, -0.15) is 0 Å². The fraction of sp³-hybridized carbons (Fsp3) is 0.364. The third-order valence-corrected chi connectivity index (χ3v) is 6.41. The van der Waals surface area contributed by atoms with E-state index in [4.69, 9.17) is 9.72 Å². The molecular weight excluding hydrogens is 370 g/mol. The second kappa shape index (κ2) is 8.71. The fourth-order valence-corrected chi connectivity index (χ4v) is 4.88. The zero-order valence-electron chi connectivity index (χ0n) is 16.1. The van der Waals surface area contributed by atoms with Crippen LogP contribution in [0.25, 0.3) is 10.2 Å². The van der Waals surface area contributed by atoms with Crippen LogP contribution in [-0.4, -0.2) is 37.1 Å². The average molecular weight is 397 g/mol. The standard InChI is InChI=1S/C22H25N3O2S/c1-2-27-18-9-7-17(8-10-18)23-21(26)15-25-13-11-16(12-14-25)22-24-19-5-3-4-6-20(19)28-22/h3-10,16H,2,11-15H2,1H3,(H,23,26)/p+1. The Balaban J connectivity index is 1.27. The summed E-state index contributed by atoms with van der Waals surface area (Å²) >= 11 is 1.82. The number of carbonyl (C=O) groups is 1. The first-order valence-electron chi connectivity index (χ1n) is 9.93. The van der Waals surface area contributed by atoms with Gasteiger partial charge in [-0.3, -0.25) is 4.79 Å². The van der Waals surface area contributed by atoms with Gasteiger partial charge in [0.25, 0.3) is 5.91 Å². The molecule has 3 aromatic rings. The van der Waals surface area contributed by atoms with E-state index in [-0.39, 0.29) is 5.91 Å². The molecule has 1 amide bonds. The number of aromatic nitrogens is 1. The molecule has 2 heterocycles. The van der Waals surface area contributed by atoms with Gasteiger partial charge >= 0.3 is 0 Å². The molecule has 1 aliphatic heterocycles. The van der Waals surface area contributed by atoms with E-state index in [0.29, 0.717) is 19.1 Å². The van der Waals surface area contributed by atoms with Crippen molar-refractivity contribution < 1.29 is 14.4 Å². The van der Waals surface area contributed by atoms with Crippen LogP contribution in [-0.2, 0) is 4.79 Å². The average Bonchev–Trinajstić information content (AvgIpc) is 3.14. The Labute approximate surface area is 169 Å². The van der Waals surface area contributed by atoms with E-state index in [1.807, 2.05) is 48.6 Å². The lowest BCUT2D eigenvalue weighted by Crippen LogP contribution is -3.14. The number of piperidine rings is 1. The minimum absolute atomic E-state index is 0.0672. The van der Waals surface area contributed by atoms with Crippen LogP contribution < -0.4 is 15.0 Å². The van der Waals surface area contributed by atoms with Gasteiger partial charge < -0.3 is 15.0 Å². The SMILES string of the molecule is CCOc1ccc(NC(=O)C[NH+]2CCC(c3nc4ccccc4s3)CC2)cc1. The summed E-state index contributed by atoms with van der Waals surface area (Å²) in [4.78, 5) is 18.6. The van der Waals surface area contributed by atoms with Gasteiger partial charge in [-0.05, 0) is 43.3 Å². The summed E-state index contributed by atoms with van der Waals surface area (Å²) in [5.41, 5.74) is 1.92. The van der Waals surface area contributed by atoms with Gasteiger partial charge in [0.05, 0.1) is 34.9 Å². The van der Waals surface area contributed by atoms with Crippen LogP contribution >= 0.6 is 11.3 Å². The minimum atomic E-state index is 0.0672. The molecule has 4 rings (SSSR count). The number of fused-ring (bicyclic) bond motifs is 1. The van der Waals surface area contributed by atoms with E-state index in [1.54, 1.807) is 0 Å². The molecule has 0 aliphatic carbocycles. The molecular formula is C22H26N3O2S+. The monoisotopic (exact) mass is 396 g/mol. The minimum Gasteiger partial charge on any atom is -0.494 e. The number of amides is 1. The van der Waals surface area contributed by atoms with Crippen LogP contribution in [0.3, 0.4) is 0 Å². The van der Waals surface area contributed by atoms with Gasteiger partial charge in [-0.1, -0.05) is 12.1 Å². The van der Waals surface area contributed by atoms with E-state index in [2.05, 4.69) is 23.5 Å². The van der Waals surface area contributed by atoms with Crippen LogP contribution in [0.5, 0.6) is 5.75 Å². The highest BCUT2D eigenvalue weighted by Gasteiger charge is 2.27. The summed E-state index contributed by atoms with van der Waals surface area (Å²) in [6.45, 7) is 5.13. The van der Waals surface area contributed by atoms with Gasteiger partial charge in [0.2, 0.25) is 0 Å². The molecule has 1 aromatic heterocycles. The maximum absolute atomic E-state index is 12.4. The first kappa shape index (κ1) is 18.9. The van der Waals surface area contributed by atoms with Crippen molar-refractivity contribution in [1.82, 2.24) is 4.98 Å². The van der Waals surface area contributed by atoms with Crippen molar-refractivity contribution in [3.63, 3.8) is 0 Å². The Hall–Kier alpha value is -2.44. The van der Waals surface area contributed by atoms with Crippen LogP contribution in [0, 0.1) is 0 Å². The number of hydrogen-bond acceptors (Lipinski definition) is 4. The molecule has 2 aromatic carbocycles. The number of carbonyl (C=O) groups excluding carboxylic acids is 1. The lowest BCUT2D eigenvalue weighted by Gasteiger charge is -2.27. The largest absolute Gasteiger partial charge is 0.494 e. The van der Waals surface area contributed by atoms with Crippen molar-refractivity contribution in [3.8, 4) is 5.75 Å². The second-order valence-electron chi connectivity index (χ2n) is 7.23. The van der Waals surface area contributed by atoms with Gasteiger partial charge in [0.15, 0.2) is 6.54 Å². The Morgan fingerprint density at radius 2 is 1.93 bits per heavy atom. The number of benzene rings is 2. The number of nitrogens with zero attached hydrogens (tertiary/aromatic N) is 1. The number of anilines is 1. The number of likely N-dealkylation sites (tertiary alicyclic amines) is 1. The van der Waals surface area contributed by atoms with Gasteiger partial charge in [0.1, 0.15) is 5.75 Å². The molecule has 146 valence electrons. The number of quaternary nitrogens is 1. The van der Waals surface area contributed by atoms with E-state index >= 15 is 0 Å². The molecule has 1 aliphatic rings. The van der Waals surface area contributed by atoms with E-state index in [0.717, 1.165) is 42.9 Å². The summed E-state index contributed by atoms with van der Waals surface area (Å²) in [6.07, 6.45) is 2.18. The number of rotatable bonds is 6. The Morgan fingerprint density at radius 3 is 2.64 bits per heavy atom. The van der Waals surface area contributed by atoms with Crippen LogP contribution in [0.4, 0.5) is 5.69 Å². The molecule has 0 spiro atoms. The van der Waals surface area contributed by atoms with Crippen molar-refractivity contribution in [1.29, 1.82) is 0 Å². The number of ether oxygens (including phenoxy) is 1. The maximum Gasteiger partial charge on any atom is 0.279 e. The van der Waals surface area contributed by atoms with Crippen LogP contribution in [0.1, 0.15) is 30.7 Å². The first-order chi connectivity index (χ1) is 13.7. The highest BCUT2D eigenvalue weighted by Crippen LogP contribution is 2.31. The van der Waals surface area contributed by atoms with Crippen molar-refractivity contribution in [2.45, 2.75) is 25.7 Å². The summed E-state index contributed by atoms with van der Waals surface area (Å²) in [7, 11) is 0. The van der Waals surface area contributed by atoms with Crippen molar-refractivity contribution in [3.05, 3.63) is 53.5 Å². The normalized spacial score (nSPS) is 19.5. The lowest BCUT2D eigenvalue weighted by molar-refractivity contribution is -0.897. The number of thiazole rings is 1. The lowest BCUT2D eigenvalue weighted by atomic mass is 9.97. The smallest absolute Gasteiger partial charge is 0.279 e. The second-order valence-corrected chi connectivity index (χ2v) is 8.29. The third kappa shape index (κ3) is 4.51. The molecule has 28 heavy (non-hydrogen) atoms. The van der Waals surface area contributed by atoms with Gasteiger partial charge in [-0.25, -0.2) is 4.98 Å². The Bertz CT molecular complexity index is 897. The quantitative estimate of drug-likeness (QED) is 0.673. The molecule has 1 saturated heterocycles. The molecule has 0 unspecified atom stereocenters. The predicted molar refractivity (Wildman–Crippen MR) is 113 cm³/mol. The summed E-state index contributed by atoms with van der Waals surface area (Å²) in [5, 5.41) is 4.24. The molecule has 0 atom stereocenters. The Kier molecular flexibility index (Phi) is 5.88. The zero-order chi connectivity index (χ0) is 19.3. The maximum atomic E-state index is 12.4. The molecule has 6 heteroatoms. The van der Waals surface area contributed by atoms with Gasteiger partial charge in [0, 0.05) is 24.4 Å². The summed E-state index contributed by atoms with van der Waals surface area (Å²) in [6, 6.07) is 15.9. The first-order valence-corrected chi connectivity index (χ1v) is 10.7. The number of para-hydroxylation sites is 1. The highest BCUT2D eigenvalue weighted by molar-refractivity contribution is 7.18. The molecule has 5 nitrogen and oxygen atoms in total. The number of hydrogen-bond donors (Lipinski definition) is 2. The number of nitrogens with one attached hydrogen (secondary N) is 2. The van der Waals surface area contributed by atoms with E-state index in [9.17, 15) is 4.79 Å². The summed E-state index contributed by atoms with van der Waals surface area (Å²) < 4.78 is 6.70. The molecule has 1 fully saturated rings. The molecule has 2 N–H and O–H groups in total. The highest BCUT2D eigenvalue weighted by atomic mass is 32.1. The molecule has 0 saturated carbocycles. The van der Waals surface area contributed by atoms with Crippen LogP contribution in [0.2, 0.25) is 0 Å². The van der Waals surface area contributed by atoms with Crippen molar-refractivity contribution in [2.24, 2.45) is 0 Å². The fourth-order valence-electron chi connectivity index (χ4n) is 3.75. The van der Waals surface area contributed by atoms with E-state index in [1.165, 1.54) is 14.6 Å². The molecule has 0 radical (unpaired) electrons. The van der Waals surface area contributed by atoms with Crippen LogP contribution in [0.15, 0.2) is 48.5 Å². The van der Waals surface area contributed by atoms with E-state index < -0.39 is 0 Å². The Morgan fingerprint density at radius 1 is 1.18 bits per heavy atom. The summed E-state index contributed by atoms with van der Waals surface area (Å²) in [5.74, 6) is 1.41. The van der Waals surface area contributed by atoms with Gasteiger partial charge in [-0.15, -0.1) is 11.3 Å². The topological polar surface area (TPSA) is 55.7 Å². The zero-order valence-corrected chi connectivity index (χ0v) is 16.9. The van der Waals surface area contributed by atoms with Crippen molar-refractivity contribution >= 4 is 33.1 Å². The third-order valence-electron chi connectivity index (χ3n) is 5.21. The van der Waals surface area contributed by atoms with Crippen molar-refractivity contribution in [2.75, 3.05) is 31.6 Å².